The van der Waals surface area contributed by atoms with Crippen molar-refractivity contribution in [3.63, 3.8) is 0 Å². The van der Waals surface area contributed by atoms with Crippen LogP contribution in [0.5, 0.6) is 0 Å². The summed E-state index contributed by atoms with van der Waals surface area (Å²) in [7, 11) is 1.69. The first-order valence-corrected chi connectivity index (χ1v) is 6.39. The first-order valence-electron chi connectivity index (χ1n) is 5.51. The fraction of sp³-hybridized carbons (Fsp3) is 0.727. The maximum atomic E-state index is 6.36. The number of hydrogen-bond acceptors (Lipinski definition) is 5. The van der Waals surface area contributed by atoms with E-state index in [2.05, 4.69) is 10.4 Å². The average Bonchev–Trinajstić information content (AvgIpc) is 2.79. The highest BCUT2D eigenvalue weighted by molar-refractivity contribution is 7.09. The van der Waals surface area contributed by atoms with Crippen molar-refractivity contribution in [1.82, 2.24) is 4.98 Å². The fourth-order valence-corrected chi connectivity index (χ4v) is 2.75. The highest BCUT2D eigenvalue weighted by atomic mass is 32.1. The number of nitrogens with zero attached hydrogens (tertiary/aromatic N) is 1. The molecule has 2 rings (SSSR count). The Morgan fingerprint density at radius 2 is 2.25 bits per heavy atom. The zero-order chi connectivity index (χ0) is 11.6. The minimum Gasteiger partial charge on any atom is -0.381 e. The molecule has 1 aromatic heterocycles. The maximum absolute atomic E-state index is 6.36. The molecule has 2 N–H and O–H groups in total. The number of ether oxygens (including phenoxy) is 2. The molecule has 1 aliphatic heterocycles. The molecular weight excluding hydrogens is 224 g/mol. The van der Waals surface area contributed by atoms with E-state index < -0.39 is 0 Å². The van der Waals surface area contributed by atoms with Gasteiger partial charge in [0.25, 0.3) is 0 Å². The Labute approximate surface area is 99.8 Å². The molecule has 0 bridgehead atoms. The molecular formula is C11H18N2O2S. The zero-order valence-electron chi connectivity index (χ0n) is 9.73. The lowest BCUT2D eigenvalue weighted by Gasteiger charge is -2.31. The van der Waals surface area contributed by atoms with Crippen molar-refractivity contribution in [3.05, 3.63) is 16.1 Å². The smallest absolute Gasteiger partial charge is 0.122 e. The third-order valence-corrected chi connectivity index (χ3v) is 4.12. The van der Waals surface area contributed by atoms with Crippen molar-refractivity contribution >= 4 is 11.3 Å². The van der Waals surface area contributed by atoms with Crippen molar-refractivity contribution in [3.8, 4) is 0 Å². The summed E-state index contributed by atoms with van der Waals surface area (Å²) in [4.78, 5) is 4.59. The lowest BCUT2D eigenvalue weighted by molar-refractivity contribution is 0.0507. The van der Waals surface area contributed by atoms with Gasteiger partial charge in [-0.3, -0.25) is 0 Å². The molecule has 5 heteroatoms. The number of hydrogen-bond donors (Lipinski definition) is 1. The number of aromatic nitrogens is 1. The Bertz CT molecular complexity index is 348. The van der Waals surface area contributed by atoms with Crippen LogP contribution in [-0.2, 0) is 15.0 Å². The summed E-state index contributed by atoms with van der Waals surface area (Å²) in [5.74, 6) is 0. The number of thiazole rings is 1. The summed E-state index contributed by atoms with van der Waals surface area (Å²) in [5.41, 5.74) is 7.04. The molecule has 4 nitrogen and oxygen atoms in total. The van der Waals surface area contributed by atoms with Gasteiger partial charge in [0.1, 0.15) is 11.1 Å². The molecule has 1 unspecified atom stereocenters. The predicted octanol–water partition coefficient (Wildman–Crippen LogP) is 1.81. The first kappa shape index (κ1) is 12.0. The summed E-state index contributed by atoms with van der Waals surface area (Å²) in [5, 5.41) is 3.05. The van der Waals surface area contributed by atoms with E-state index in [1.165, 1.54) is 0 Å². The standard InChI is InChI=1S/C11H18N2O2S/c1-8(14-2)10-13-9(7-16-10)11(12)3-5-15-6-4-11/h7-8H,3-6,12H2,1-2H3. The van der Waals surface area contributed by atoms with Crippen LogP contribution in [-0.4, -0.2) is 25.3 Å². The quantitative estimate of drug-likeness (QED) is 0.878. The average molecular weight is 242 g/mol. The van der Waals surface area contributed by atoms with Gasteiger partial charge in [-0.15, -0.1) is 11.3 Å². The van der Waals surface area contributed by atoms with Gasteiger partial charge in [0, 0.05) is 25.7 Å². The third-order valence-electron chi connectivity index (χ3n) is 3.12. The summed E-state index contributed by atoms with van der Waals surface area (Å²) in [6.07, 6.45) is 1.73. The van der Waals surface area contributed by atoms with Crippen molar-refractivity contribution in [2.75, 3.05) is 20.3 Å². The van der Waals surface area contributed by atoms with Crippen LogP contribution < -0.4 is 5.73 Å². The number of nitrogens with two attached hydrogens (primary N) is 1. The normalized spacial score (nSPS) is 21.9. The molecule has 1 fully saturated rings. The van der Waals surface area contributed by atoms with E-state index in [4.69, 9.17) is 15.2 Å². The van der Waals surface area contributed by atoms with Gasteiger partial charge in [0.2, 0.25) is 0 Å². The van der Waals surface area contributed by atoms with E-state index in [0.717, 1.165) is 36.8 Å². The minimum absolute atomic E-state index is 0.0437. The molecule has 0 amide bonds. The van der Waals surface area contributed by atoms with E-state index in [-0.39, 0.29) is 11.6 Å². The van der Waals surface area contributed by atoms with E-state index >= 15 is 0 Å². The second-order valence-electron chi connectivity index (χ2n) is 4.22. The largest absolute Gasteiger partial charge is 0.381 e. The molecule has 1 aromatic rings. The second-order valence-corrected chi connectivity index (χ2v) is 5.11. The summed E-state index contributed by atoms with van der Waals surface area (Å²) in [6, 6.07) is 0. The summed E-state index contributed by atoms with van der Waals surface area (Å²) in [6.45, 7) is 3.45. The van der Waals surface area contributed by atoms with E-state index in [1.807, 2.05) is 6.92 Å². The molecule has 0 spiro atoms. The maximum Gasteiger partial charge on any atom is 0.122 e. The Kier molecular flexibility index (Phi) is 3.59. The predicted molar refractivity (Wildman–Crippen MR) is 63.5 cm³/mol. The van der Waals surface area contributed by atoms with Crippen LogP contribution in [0.25, 0.3) is 0 Å². The Balaban J connectivity index is 2.17. The van der Waals surface area contributed by atoms with E-state index in [9.17, 15) is 0 Å². The highest BCUT2D eigenvalue weighted by Gasteiger charge is 2.32. The summed E-state index contributed by atoms with van der Waals surface area (Å²) < 4.78 is 10.6. The lowest BCUT2D eigenvalue weighted by atomic mass is 9.88. The van der Waals surface area contributed by atoms with Gasteiger partial charge in [0.15, 0.2) is 0 Å². The van der Waals surface area contributed by atoms with Crippen molar-refractivity contribution < 1.29 is 9.47 Å². The van der Waals surface area contributed by atoms with E-state index in [0.29, 0.717) is 0 Å². The molecule has 1 saturated heterocycles. The Hall–Kier alpha value is -0.490. The molecule has 16 heavy (non-hydrogen) atoms. The Morgan fingerprint density at radius 1 is 1.56 bits per heavy atom. The fourth-order valence-electron chi connectivity index (χ4n) is 1.80. The van der Waals surface area contributed by atoms with Crippen LogP contribution >= 0.6 is 11.3 Å². The van der Waals surface area contributed by atoms with Crippen molar-refractivity contribution in [2.45, 2.75) is 31.4 Å². The van der Waals surface area contributed by atoms with Gasteiger partial charge in [-0.1, -0.05) is 0 Å². The Morgan fingerprint density at radius 3 is 2.88 bits per heavy atom. The van der Waals surface area contributed by atoms with Crippen molar-refractivity contribution in [2.24, 2.45) is 5.73 Å². The summed E-state index contributed by atoms with van der Waals surface area (Å²) >= 11 is 1.62. The van der Waals surface area contributed by atoms with Crippen LogP contribution in [0.15, 0.2) is 5.38 Å². The molecule has 1 atom stereocenters. The van der Waals surface area contributed by atoms with Crippen LogP contribution in [0.2, 0.25) is 0 Å². The monoisotopic (exact) mass is 242 g/mol. The SMILES string of the molecule is COC(C)c1nc(C2(N)CCOCC2)cs1. The first-order chi connectivity index (χ1) is 7.65. The molecule has 90 valence electrons. The number of methoxy groups -OCH3 is 1. The topological polar surface area (TPSA) is 57.4 Å². The second kappa shape index (κ2) is 4.79. The van der Waals surface area contributed by atoms with Crippen molar-refractivity contribution in [1.29, 1.82) is 0 Å². The lowest BCUT2D eigenvalue weighted by Crippen LogP contribution is -2.42. The van der Waals surface area contributed by atoms with Crippen LogP contribution in [0.1, 0.15) is 36.6 Å². The molecule has 0 radical (unpaired) electrons. The van der Waals surface area contributed by atoms with Gasteiger partial charge in [-0.05, 0) is 19.8 Å². The molecule has 0 saturated carbocycles. The molecule has 0 aromatic carbocycles. The van der Waals surface area contributed by atoms with Gasteiger partial charge in [-0.2, -0.15) is 0 Å². The van der Waals surface area contributed by atoms with Crippen LogP contribution in [0.3, 0.4) is 0 Å². The minimum atomic E-state index is -0.305. The van der Waals surface area contributed by atoms with Crippen LogP contribution in [0, 0.1) is 0 Å². The van der Waals surface area contributed by atoms with Gasteiger partial charge < -0.3 is 15.2 Å². The third kappa shape index (κ3) is 2.27. The van der Waals surface area contributed by atoms with E-state index in [1.54, 1.807) is 18.4 Å². The van der Waals surface area contributed by atoms with Gasteiger partial charge in [-0.25, -0.2) is 4.98 Å². The van der Waals surface area contributed by atoms with Gasteiger partial charge in [0.05, 0.1) is 11.2 Å². The molecule has 0 aliphatic carbocycles. The zero-order valence-corrected chi connectivity index (χ0v) is 10.5. The highest BCUT2D eigenvalue weighted by Crippen LogP contribution is 2.32. The molecule has 2 heterocycles. The molecule has 1 aliphatic rings. The number of rotatable bonds is 3. The van der Waals surface area contributed by atoms with Gasteiger partial charge >= 0.3 is 0 Å². The van der Waals surface area contributed by atoms with Crippen LogP contribution in [0.4, 0.5) is 0 Å².